The highest BCUT2D eigenvalue weighted by molar-refractivity contribution is 6.04. The smallest absolute Gasteiger partial charge is 0.274 e. The molecule has 0 aliphatic carbocycles. The van der Waals surface area contributed by atoms with Crippen LogP contribution in [0.4, 0.5) is 0 Å². The molecule has 21 heavy (non-hydrogen) atoms. The number of amides is 2. The molecule has 2 unspecified atom stereocenters. The van der Waals surface area contributed by atoms with E-state index in [0.717, 1.165) is 25.8 Å². The van der Waals surface area contributed by atoms with Crippen LogP contribution < -0.4 is 11.1 Å². The maximum atomic E-state index is 12.1. The van der Waals surface area contributed by atoms with E-state index in [1.165, 1.54) is 0 Å². The Balaban J connectivity index is 1.92. The van der Waals surface area contributed by atoms with Crippen molar-refractivity contribution in [2.75, 3.05) is 13.1 Å². The number of hydrogen-bond acceptors (Lipinski definition) is 4. The molecule has 0 spiro atoms. The van der Waals surface area contributed by atoms with E-state index in [9.17, 15) is 9.59 Å². The molecule has 1 fully saturated rings. The first-order valence-electron chi connectivity index (χ1n) is 7.44. The molecule has 1 aromatic rings. The van der Waals surface area contributed by atoms with Gasteiger partial charge in [0.25, 0.3) is 5.91 Å². The predicted octanol–water partition coefficient (Wildman–Crippen LogP) is 0.483. The molecule has 6 nitrogen and oxygen atoms in total. The Labute approximate surface area is 125 Å². The Morgan fingerprint density at radius 2 is 2.24 bits per heavy atom. The third-order valence-corrected chi connectivity index (χ3v) is 4.05. The van der Waals surface area contributed by atoms with Crippen molar-refractivity contribution in [3.63, 3.8) is 0 Å². The summed E-state index contributed by atoms with van der Waals surface area (Å²) in [4.78, 5) is 26.2. The molecule has 3 N–H and O–H groups in total. The van der Waals surface area contributed by atoms with Crippen LogP contribution >= 0.6 is 0 Å². The lowest BCUT2D eigenvalue weighted by molar-refractivity contribution is -0.122. The molecule has 2 amide bonds. The molecule has 1 saturated heterocycles. The Hall–Kier alpha value is -1.66. The largest absolute Gasteiger partial charge is 0.347 e. The lowest BCUT2D eigenvalue weighted by Gasteiger charge is -2.37. The topological polar surface area (TPSA) is 80.4 Å². The van der Waals surface area contributed by atoms with Gasteiger partial charge >= 0.3 is 0 Å². The normalized spacial score (nSPS) is 21.0. The first-order valence-corrected chi connectivity index (χ1v) is 7.44. The van der Waals surface area contributed by atoms with Crippen LogP contribution in [0.15, 0.2) is 18.3 Å². The summed E-state index contributed by atoms with van der Waals surface area (Å²) >= 11 is 0. The summed E-state index contributed by atoms with van der Waals surface area (Å²) in [6.07, 6.45) is 5.00. The second kappa shape index (κ2) is 6.87. The van der Waals surface area contributed by atoms with Crippen LogP contribution in [0.1, 0.15) is 36.7 Å². The molecule has 1 aliphatic rings. The van der Waals surface area contributed by atoms with Gasteiger partial charge in [-0.25, -0.2) is 0 Å². The number of carbonyl (C=O) groups excluding carboxylic acids is 2. The van der Waals surface area contributed by atoms with Gasteiger partial charge in [-0.05, 0) is 38.4 Å². The number of likely N-dealkylation sites (tertiary alicyclic amines) is 1. The van der Waals surface area contributed by atoms with Gasteiger partial charge < -0.3 is 10.3 Å². The van der Waals surface area contributed by atoms with E-state index >= 15 is 0 Å². The molecule has 0 aromatic carbocycles. The summed E-state index contributed by atoms with van der Waals surface area (Å²) in [6, 6.07) is 3.71. The van der Waals surface area contributed by atoms with Gasteiger partial charge in [0.05, 0.1) is 6.54 Å². The number of carbonyl (C=O) groups is 2. The van der Waals surface area contributed by atoms with Gasteiger partial charge in [-0.15, -0.1) is 0 Å². The SMILES string of the molecule is CC(N)C1CCCCN1CC(=O)NC(=O)c1cccn1C. The summed E-state index contributed by atoms with van der Waals surface area (Å²) in [7, 11) is 1.77. The first-order chi connectivity index (χ1) is 9.99. The maximum Gasteiger partial charge on any atom is 0.274 e. The zero-order valence-electron chi connectivity index (χ0n) is 12.7. The van der Waals surface area contributed by atoms with Crippen molar-refractivity contribution >= 4 is 11.8 Å². The van der Waals surface area contributed by atoms with E-state index in [0.29, 0.717) is 5.69 Å². The molecule has 1 aromatic heterocycles. The second-order valence-corrected chi connectivity index (χ2v) is 5.77. The molecular weight excluding hydrogens is 268 g/mol. The van der Waals surface area contributed by atoms with Gasteiger partial charge in [-0.3, -0.25) is 19.8 Å². The molecule has 0 saturated carbocycles. The van der Waals surface area contributed by atoms with Gasteiger partial charge in [0.15, 0.2) is 0 Å². The molecular formula is C15H24N4O2. The van der Waals surface area contributed by atoms with Crippen LogP contribution in [0, 0.1) is 0 Å². The minimum absolute atomic E-state index is 0.0293. The zero-order valence-corrected chi connectivity index (χ0v) is 12.7. The van der Waals surface area contributed by atoms with Crippen LogP contribution in [0.5, 0.6) is 0 Å². The third kappa shape index (κ3) is 3.92. The number of nitrogens with two attached hydrogens (primary N) is 1. The van der Waals surface area contributed by atoms with E-state index in [2.05, 4.69) is 10.2 Å². The molecule has 1 aliphatic heterocycles. The predicted molar refractivity (Wildman–Crippen MR) is 80.7 cm³/mol. The van der Waals surface area contributed by atoms with Crippen LogP contribution in [-0.4, -0.2) is 46.5 Å². The van der Waals surface area contributed by atoms with Crippen molar-refractivity contribution in [3.8, 4) is 0 Å². The Kier molecular flexibility index (Phi) is 5.14. The zero-order chi connectivity index (χ0) is 15.4. The van der Waals surface area contributed by atoms with Crippen molar-refractivity contribution < 1.29 is 9.59 Å². The van der Waals surface area contributed by atoms with Crippen LogP contribution in [0.2, 0.25) is 0 Å². The standard InChI is InChI=1S/C15H24N4O2/c1-11(16)12-6-3-4-9-19(12)10-14(20)17-15(21)13-7-5-8-18(13)2/h5,7-8,11-12H,3-4,6,9-10,16H2,1-2H3,(H,17,20,21). The fourth-order valence-corrected chi connectivity index (χ4v) is 2.92. The summed E-state index contributed by atoms with van der Waals surface area (Å²) in [6.45, 7) is 3.05. The average molecular weight is 292 g/mol. The highest BCUT2D eigenvalue weighted by Gasteiger charge is 2.27. The number of piperidine rings is 1. The first kappa shape index (κ1) is 15.7. The second-order valence-electron chi connectivity index (χ2n) is 5.77. The fraction of sp³-hybridized carbons (Fsp3) is 0.600. The van der Waals surface area contributed by atoms with E-state index in [4.69, 9.17) is 5.73 Å². The number of nitrogens with zero attached hydrogens (tertiary/aromatic N) is 2. The van der Waals surface area contributed by atoms with Crippen LogP contribution in [0.3, 0.4) is 0 Å². The monoisotopic (exact) mass is 292 g/mol. The fourth-order valence-electron chi connectivity index (χ4n) is 2.92. The van der Waals surface area contributed by atoms with Crippen molar-refractivity contribution in [1.29, 1.82) is 0 Å². The maximum absolute atomic E-state index is 12.1. The number of aromatic nitrogens is 1. The Morgan fingerprint density at radius 3 is 2.86 bits per heavy atom. The quantitative estimate of drug-likeness (QED) is 0.846. The Morgan fingerprint density at radius 1 is 1.48 bits per heavy atom. The van der Waals surface area contributed by atoms with E-state index in [1.807, 2.05) is 6.92 Å². The van der Waals surface area contributed by atoms with Crippen molar-refractivity contribution in [2.24, 2.45) is 12.8 Å². The summed E-state index contributed by atoms with van der Waals surface area (Å²) in [5.41, 5.74) is 6.47. The molecule has 2 rings (SSSR count). The lowest BCUT2D eigenvalue weighted by atomic mass is 9.97. The highest BCUT2D eigenvalue weighted by Crippen LogP contribution is 2.18. The number of rotatable bonds is 4. The number of aryl methyl sites for hydroxylation is 1. The molecule has 0 bridgehead atoms. The molecule has 2 atom stereocenters. The van der Waals surface area contributed by atoms with Gasteiger partial charge in [0.1, 0.15) is 5.69 Å². The lowest BCUT2D eigenvalue weighted by Crippen LogP contribution is -2.52. The number of hydrogen-bond donors (Lipinski definition) is 2. The Bertz CT molecular complexity index is 510. The van der Waals surface area contributed by atoms with Crippen LogP contribution in [0.25, 0.3) is 0 Å². The van der Waals surface area contributed by atoms with Gasteiger partial charge in [0.2, 0.25) is 5.91 Å². The van der Waals surface area contributed by atoms with E-state index in [1.54, 1.807) is 29.9 Å². The van der Waals surface area contributed by atoms with Crippen LogP contribution in [-0.2, 0) is 11.8 Å². The summed E-state index contributed by atoms with van der Waals surface area (Å²) in [5.74, 6) is -0.629. The van der Waals surface area contributed by atoms with Crippen molar-refractivity contribution in [2.45, 2.75) is 38.3 Å². The van der Waals surface area contributed by atoms with Crippen molar-refractivity contribution in [3.05, 3.63) is 24.0 Å². The highest BCUT2D eigenvalue weighted by atomic mass is 16.2. The van der Waals surface area contributed by atoms with E-state index < -0.39 is 0 Å². The molecule has 116 valence electrons. The molecule has 6 heteroatoms. The van der Waals surface area contributed by atoms with Crippen molar-refractivity contribution in [1.82, 2.24) is 14.8 Å². The summed E-state index contributed by atoms with van der Waals surface area (Å²) < 4.78 is 1.69. The van der Waals surface area contributed by atoms with Gasteiger partial charge in [0, 0.05) is 25.3 Å². The third-order valence-electron chi connectivity index (χ3n) is 4.05. The minimum atomic E-state index is -0.359. The summed E-state index contributed by atoms with van der Waals surface area (Å²) in [5, 5.41) is 2.45. The van der Waals surface area contributed by atoms with Gasteiger partial charge in [-0.1, -0.05) is 6.42 Å². The van der Waals surface area contributed by atoms with E-state index in [-0.39, 0.29) is 30.4 Å². The molecule has 2 heterocycles. The molecule has 0 radical (unpaired) electrons. The number of imide groups is 1. The minimum Gasteiger partial charge on any atom is -0.347 e. The number of nitrogens with one attached hydrogen (secondary N) is 1. The van der Waals surface area contributed by atoms with Gasteiger partial charge in [-0.2, -0.15) is 0 Å². The average Bonchev–Trinajstić information content (AvgIpc) is 2.85.